The van der Waals surface area contributed by atoms with Crippen LogP contribution < -0.4 is 10.2 Å². The summed E-state index contributed by atoms with van der Waals surface area (Å²) in [5.41, 5.74) is 2.31. The van der Waals surface area contributed by atoms with Gasteiger partial charge in [0.05, 0.1) is 5.69 Å². The summed E-state index contributed by atoms with van der Waals surface area (Å²) < 4.78 is 0. The first-order chi connectivity index (χ1) is 8.20. The number of pyridine rings is 1. The molecule has 3 heteroatoms. The molecule has 1 fully saturated rings. The van der Waals surface area contributed by atoms with Gasteiger partial charge in [-0.25, -0.2) is 4.98 Å². The van der Waals surface area contributed by atoms with Crippen LogP contribution in [0.25, 0.3) is 6.08 Å². The molecule has 0 radical (unpaired) electrons. The maximum absolute atomic E-state index is 4.64. The van der Waals surface area contributed by atoms with Gasteiger partial charge in [0.15, 0.2) is 0 Å². The second kappa shape index (κ2) is 5.32. The third kappa shape index (κ3) is 2.86. The normalized spacial score (nSPS) is 16.3. The monoisotopic (exact) mass is 231 g/mol. The van der Waals surface area contributed by atoms with Crippen molar-refractivity contribution in [3.05, 3.63) is 30.0 Å². The fraction of sp³-hybridized carbons (Fsp3) is 0.500. The Balaban J connectivity index is 2.31. The van der Waals surface area contributed by atoms with Crippen LogP contribution in [0, 0.1) is 0 Å². The predicted molar refractivity (Wildman–Crippen MR) is 73.5 cm³/mol. The lowest BCUT2D eigenvalue weighted by Gasteiger charge is -2.29. The Morgan fingerprint density at radius 1 is 1.35 bits per heavy atom. The first-order valence-electron chi connectivity index (χ1n) is 6.31. The van der Waals surface area contributed by atoms with E-state index in [9.17, 15) is 0 Å². The smallest absolute Gasteiger partial charge is 0.129 e. The summed E-state index contributed by atoms with van der Waals surface area (Å²) in [5.74, 6) is 1.62. The quantitative estimate of drug-likeness (QED) is 0.865. The molecule has 1 saturated heterocycles. The third-order valence-electron chi connectivity index (χ3n) is 3.17. The van der Waals surface area contributed by atoms with Gasteiger partial charge < -0.3 is 10.2 Å². The van der Waals surface area contributed by atoms with Gasteiger partial charge in [0, 0.05) is 26.2 Å². The predicted octanol–water partition coefficient (Wildman–Crippen LogP) is 2.26. The van der Waals surface area contributed by atoms with Crippen molar-refractivity contribution in [1.29, 1.82) is 0 Å². The molecule has 17 heavy (non-hydrogen) atoms. The number of nitrogens with zero attached hydrogens (tertiary/aromatic N) is 2. The van der Waals surface area contributed by atoms with Crippen molar-refractivity contribution in [3.63, 3.8) is 0 Å². The van der Waals surface area contributed by atoms with Crippen LogP contribution in [-0.4, -0.2) is 31.2 Å². The highest BCUT2D eigenvalue weighted by atomic mass is 15.2. The molecular weight excluding hydrogens is 210 g/mol. The first-order valence-corrected chi connectivity index (χ1v) is 6.31. The molecule has 1 N–H and O–H groups in total. The van der Waals surface area contributed by atoms with Crippen molar-refractivity contribution >= 4 is 11.9 Å². The van der Waals surface area contributed by atoms with Gasteiger partial charge in [-0.05, 0) is 29.7 Å². The van der Waals surface area contributed by atoms with Gasteiger partial charge >= 0.3 is 0 Å². The Morgan fingerprint density at radius 2 is 2.06 bits per heavy atom. The molecule has 0 bridgehead atoms. The Labute approximate surface area is 104 Å². The molecular formula is C14H21N3. The number of nitrogens with one attached hydrogen (secondary N) is 1. The number of hydrogen-bond acceptors (Lipinski definition) is 3. The Morgan fingerprint density at radius 3 is 2.65 bits per heavy atom. The van der Waals surface area contributed by atoms with Crippen molar-refractivity contribution in [1.82, 2.24) is 10.3 Å². The fourth-order valence-corrected chi connectivity index (χ4v) is 2.05. The topological polar surface area (TPSA) is 28.2 Å². The minimum atomic E-state index is 0.526. The molecule has 92 valence electrons. The molecule has 0 aromatic carbocycles. The van der Waals surface area contributed by atoms with E-state index >= 15 is 0 Å². The average molecular weight is 231 g/mol. The van der Waals surface area contributed by atoms with Gasteiger partial charge in [0.25, 0.3) is 0 Å². The van der Waals surface area contributed by atoms with Crippen LogP contribution in [-0.2, 0) is 0 Å². The molecule has 1 aromatic heterocycles. The molecule has 2 heterocycles. The molecule has 0 aliphatic carbocycles. The molecule has 0 amide bonds. The van der Waals surface area contributed by atoms with Crippen LogP contribution in [0.4, 0.5) is 5.82 Å². The fourth-order valence-electron chi connectivity index (χ4n) is 2.05. The lowest BCUT2D eigenvalue weighted by molar-refractivity contribution is 0.584. The minimum absolute atomic E-state index is 0.526. The summed E-state index contributed by atoms with van der Waals surface area (Å²) in [7, 11) is 0. The van der Waals surface area contributed by atoms with E-state index in [4.69, 9.17) is 0 Å². The van der Waals surface area contributed by atoms with Crippen LogP contribution in [0.15, 0.2) is 18.7 Å². The van der Waals surface area contributed by atoms with Crippen LogP contribution in [0.1, 0.15) is 31.0 Å². The van der Waals surface area contributed by atoms with Crippen molar-refractivity contribution < 1.29 is 0 Å². The summed E-state index contributed by atoms with van der Waals surface area (Å²) in [5, 5.41) is 3.36. The van der Waals surface area contributed by atoms with Crippen LogP contribution in [0.5, 0.6) is 0 Å². The molecule has 0 spiro atoms. The number of rotatable bonds is 3. The zero-order valence-corrected chi connectivity index (χ0v) is 10.7. The van der Waals surface area contributed by atoms with E-state index in [2.05, 4.69) is 47.8 Å². The van der Waals surface area contributed by atoms with Crippen LogP contribution in [0.2, 0.25) is 0 Å². The maximum Gasteiger partial charge on any atom is 0.129 e. The van der Waals surface area contributed by atoms with Gasteiger partial charge in [0.1, 0.15) is 5.82 Å². The van der Waals surface area contributed by atoms with Crippen LogP contribution in [0.3, 0.4) is 0 Å². The Bertz CT molecular complexity index is 392. The van der Waals surface area contributed by atoms with E-state index in [0.717, 1.165) is 37.7 Å². The molecule has 2 rings (SSSR count). The van der Waals surface area contributed by atoms with E-state index in [1.54, 1.807) is 0 Å². The molecule has 3 nitrogen and oxygen atoms in total. The molecule has 1 aromatic rings. The number of aromatic nitrogens is 1. The lowest BCUT2D eigenvalue weighted by Crippen LogP contribution is -2.44. The van der Waals surface area contributed by atoms with E-state index in [1.165, 1.54) is 5.56 Å². The maximum atomic E-state index is 4.64. The Hall–Kier alpha value is -1.35. The average Bonchev–Trinajstić information content (AvgIpc) is 2.39. The van der Waals surface area contributed by atoms with E-state index in [1.807, 2.05) is 6.08 Å². The van der Waals surface area contributed by atoms with Gasteiger partial charge in [-0.3, -0.25) is 0 Å². The molecule has 0 unspecified atom stereocenters. The van der Waals surface area contributed by atoms with Gasteiger partial charge in [-0.2, -0.15) is 0 Å². The molecule has 0 atom stereocenters. The minimum Gasteiger partial charge on any atom is -0.354 e. The summed E-state index contributed by atoms with van der Waals surface area (Å²) in [6, 6.07) is 4.34. The highest BCUT2D eigenvalue weighted by Gasteiger charge is 2.13. The van der Waals surface area contributed by atoms with Crippen molar-refractivity contribution in [3.8, 4) is 0 Å². The number of anilines is 1. The summed E-state index contributed by atoms with van der Waals surface area (Å²) in [6.07, 6.45) is 1.83. The SMILES string of the molecule is C=Cc1cc(C(C)C)cc(N2CCNCC2)n1. The van der Waals surface area contributed by atoms with E-state index < -0.39 is 0 Å². The second-order valence-corrected chi connectivity index (χ2v) is 4.78. The van der Waals surface area contributed by atoms with Gasteiger partial charge in [-0.1, -0.05) is 20.4 Å². The number of piperazine rings is 1. The van der Waals surface area contributed by atoms with E-state index in [0.29, 0.717) is 5.92 Å². The number of hydrogen-bond donors (Lipinski definition) is 1. The highest BCUT2D eigenvalue weighted by molar-refractivity contribution is 5.52. The van der Waals surface area contributed by atoms with Crippen LogP contribution >= 0.6 is 0 Å². The van der Waals surface area contributed by atoms with Crippen molar-refractivity contribution in [2.24, 2.45) is 0 Å². The lowest BCUT2D eigenvalue weighted by atomic mass is 10.0. The van der Waals surface area contributed by atoms with Gasteiger partial charge in [0.2, 0.25) is 0 Å². The zero-order chi connectivity index (χ0) is 12.3. The first kappa shape index (κ1) is 12.1. The second-order valence-electron chi connectivity index (χ2n) is 4.78. The standard InChI is InChI=1S/C14H21N3/c1-4-13-9-12(11(2)3)10-14(16-13)17-7-5-15-6-8-17/h4,9-11,15H,1,5-8H2,2-3H3. The largest absolute Gasteiger partial charge is 0.354 e. The third-order valence-corrected chi connectivity index (χ3v) is 3.17. The van der Waals surface area contributed by atoms with E-state index in [-0.39, 0.29) is 0 Å². The summed E-state index contributed by atoms with van der Waals surface area (Å²) in [6.45, 7) is 12.4. The zero-order valence-electron chi connectivity index (χ0n) is 10.7. The molecule has 1 aliphatic heterocycles. The molecule has 0 saturated carbocycles. The van der Waals surface area contributed by atoms with Crippen molar-refractivity contribution in [2.45, 2.75) is 19.8 Å². The Kier molecular flexibility index (Phi) is 3.79. The summed E-state index contributed by atoms with van der Waals surface area (Å²) in [4.78, 5) is 6.98. The highest BCUT2D eigenvalue weighted by Crippen LogP contribution is 2.22. The van der Waals surface area contributed by atoms with Gasteiger partial charge in [-0.15, -0.1) is 0 Å². The molecule has 1 aliphatic rings. The summed E-state index contributed by atoms with van der Waals surface area (Å²) >= 11 is 0. The van der Waals surface area contributed by atoms with Crippen molar-refractivity contribution in [2.75, 3.05) is 31.1 Å².